The number of hydrogen-bond donors (Lipinski definition) is 1. The largest absolute Gasteiger partial charge is 0.366 e. The number of carbonyl (C=O) groups is 1. The van der Waals surface area contributed by atoms with E-state index in [0.717, 1.165) is 24.2 Å². The van der Waals surface area contributed by atoms with Crippen molar-refractivity contribution in [2.45, 2.75) is 31.9 Å². The molecule has 1 aliphatic rings. The van der Waals surface area contributed by atoms with Crippen LogP contribution in [0.5, 0.6) is 0 Å². The van der Waals surface area contributed by atoms with Crippen LogP contribution in [0.4, 0.5) is 5.82 Å². The van der Waals surface area contributed by atoms with Crippen molar-refractivity contribution >= 4 is 11.7 Å². The minimum Gasteiger partial charge on any atom is -0.366 e. The van der Waals surface area contributed by atoms with E-state index >= 15 is 0 Å². The second kappa shape index (κ2) is 8.58. The Hall–Kier alpha value is -2.47. The van der Waals surface area contributed by atoms with Crippen molar-refractivity contribution in [3.05, 3.63) is 54.2 Å². The third kappa shape index (κ3) is 4.54. The monoisotopic (exact) mass is 340 g/mol. The molecule has 1 amide bonds. The first-order chi connectivity index (χ1) is 12.3. The summed E-state index contributed by atoms with van der Waals surface area (Å²) < 4.78 is 5.74. The molecule has 6 nitrogen and oxygen atoms in total. The van der Waals surface area contributed by atoms with Crippen LogP contribution in [0, 0.1) is 0 Å². The Morgan fingerprint density at radius 3 is 2.64 bits per heavy atom. The van der Waals surface area contributed by atoms with Crippen molar-refractivity contribution in [2.75, 3.05) is 25.0 Å². The van der Waals surface area contributed by atoms with Crippen molar-refractivity contribution in [3.63, 3.8) is 0 Å². The molecule has 0 unspecified atom stereocenters. The first kappa shape index (κ1) is 17.4. The van der Waals surface area contributed by atoms with Gasteiger partial charge in [-0.25, -0.2) is 0 Å². The molecular formula is C19H24N4O2. The summed E-state index contributed by atoms with van der Waals surface area (Å²) in [5, 5.41) is 11.3. The van der Waals surface area contributed by atoms with Gasteiger partial charge in [0.15, 0.2) is 6.10 Å². The third-order valence-corrected chi connectivity index (χ3v) is 4.39. The Morgan fingerprint density at radius 1 is 1.24 bits per heavy atom. The van der Waals surface area contributed by atoms with E-state index in [0.29, 0.717) is 25.7 Å². The van der Waals surface area contributed by atoms with Gasteiger partial charge in [-0.2, -0.15) is 5.10 Å². The molecule has 3 rings (SSSR count). The number of aromatic nitrogens is 2. The van der Waals surface area contributed by atoms with Crippen LogP contribution in [0.25, 0.3) is 0 Å². The molecular weight excluding hydrogens is 316 g/mol. The standard InChI is InChI=1S/C19H24N4O2/c1-2-25-18(15-7-4-3-5-8-15)19(24)23-13-10-16(11-14-23)21-17-9-6-12-20-22-17/h3-9,12,16,18H,2,10-11,13-14H2,1H3,(H,21,22)/t18-/m1/s1. The molecule has 0 bridgehead atoms. The fourth-order valence-electron chi connectivity index (χ4n) is 3.10. The molecule has 1 aromatic heterocycles. The topological polar surface area (TPSA) is 67.3 Å². The van der Waals surface area contributed by atoms with E-state index in [9.17, 15) is 4.79 Å². The first-order valence-corrected chi connectivity index (χ1v) is 8.77. The number of anilines is 1. The molecule has 25 heavy (non-hydrogen) atoms. The molecule has 1 saturated heterocycles. The van der Waals surface area contributed by atoms with E-state index in [4.69, 9.17) is 4.74 Å². The number of nitrogens with one attached hydrogen (secondary N) is 1. The highest BCUT2D eigenvalue weighted by Gasteiger charge is 2.29. The normalized spacial score (nSPS) is 16.4. The number of nitrogens with zero attached hydrogens (tertiary/aromatic N) is 3. The first-order valence-electron chi connectivity index (χ1n) is 8.77. The van der Waals surface area contributed by atoms with E-state index in [-0.39, 0.29) is 5.91 Å². The number of likely N-dealkylation sites (tertiary alicyclic amines) is 1. The highest BCUT2D eigenvalue weighted by Crippen LogP contribution is 2.23. The summed E-state index contributed by atoms with van der Waals surface area (Å²) in [5.41, 5.74) is 0.911. The lowest BCUT2D eigenvalue weighted by molar-refractivity contribution is -0.145. The molecule has 0 spiro atoms. The van der Waals surface area contributed by atoms with E-state index in [1.54, 1.807) is 6.20 Å². The van der Waals surface area contributed by atoms with Gasteiger partial charge in [-0.15, -0.1) is 5.10 Å². The molecule has 0 aliphatic carbocycles. The van der Waals surface area contributed by atoms with Gasteiger partial charge in [-0.05, 0) is 37.5 Å². The number of piperidine rings is 1. The Bertz CT molecular complexity index is 658. The third-order valence-electron chi connectivity index (χ3n) is 4.39. The fourth-order valence-corrected chi connectivity index (χ4v) is 3.10. The molecule has 1 fully saturated rings. The summed E-state index contributed by atoms with van der Waals surface area (Å²) in [6.45, 7) is 3.86. The summed E-state index contributed by atoms with van der Waals surface area (Å²) in [4.78, 5) is 14.8. The maximum atomic E-state index is 12.9. The highest BCUT2D eigenvalue weighted by atomic mass is 16.5. The zero-order valence-corrected chi connectivity index (χ0v) is 14.5. The van der Waals surface area contributed by atoms with Crippen LogP contribution in [-0.4, -0.2) is 46.7 Å². The molecule has 1 N–H and O–H groups in total. The van der Waals surface area contributed by atoms with Gasteiger partial charge in [-0.1, -0.05) is 30.3 Å². The summed E-state index contributed by atoms with van der Waals surface area (Å²) in [5.74, 6) is 0.828. The smallest absolute Gasteiger partial charge is 0.256 e. The summed E-state index contributed by atoms with van der Waals surface area (Å²) in [7, 11) is 0. The average Bonchev–Trinajstić information content (AvgIpc) is 2.68. The minimum absolute atomic E-state index is 0.0472. The van der Waals surface area contributed by atoms with E-state index in [1.807, 2.05) is 54.3 Å². The van der Waals surface area contributed by atoms with Gasteiger partial charge in [0.05, 0.1) is 0 Å². The highest BCUT2D eigenvalue weighted by molar-refractivity contribution is 5.82. The lowest BCUT2D eigenvalue weighted by atomic mass is 10.0. The van der Waals surface area contributed by atoms with Crippen LogP contribution in [0.1, 0.15) is 31.4 Å². The summed E-state index contributed by atoms with van der Waals surface area (Å²) >= 11 is 0. The van der Waals surface area contributed by atoms with Gasteiger partial charge in [-0.3, -0.25) is 4.79 Å². The van der Waals surface area contributed by atoms with Crippen LogP contribution < -0.4 is 5.32 Å². The second-order valence-corrected chi connectivity index (χ2v) is 6.10. The maximum Gasteiger partial charge on any atom is 0.256 e. The van der Waals surface area contributed by atoms with Crippen molar-refractivity contribution < 1.29 is 9.53 Å². The minimum atomic E-state index is -0.518. The molecule has 0 saturated carbocycles. The lowest BCUT2D eigenvalue weighted by Gasteiger charge is -2.34. The van der Waals surface area contributed by atoms with E-state index in [1.165, 1.54) is 0 Å². The fraction of sp³-hybridized carbons (Fsp3) is 0.421. The van der Waals surface area contributed by atoms with Crippen molar-refractivity contribution in [2.24, 2.45) is 0 Å². The van der Waals surface area contributed by atoms with Crippen molar-refractivity contribution in [3.8, 4) is 0 Å². The summed E-state index contributed by atoms with van der Waals surface area (Å²) in [6, 6.07) is 13.8. The van der Waals surface area contributed by atoms with Crippen molar-refractivity contribution in [1.82, 2.24) is 15.1 Å². The number of benzene rings is 1. The molecule has 6 heteroatoms. The van der Waals surface area contributed by atoms with Crippen LogP contribution >= 0.6 is 0 Å². The lowest BCUT2D eigenvalue weighted by Crippen LogP contribution is -2.44. The number of amides is 1. The van der Waals surface area contributed by atoms with Gasteiger partial charge in [0.25, 0.3) is 5.91 Å². The summed E-state index contributed by atoms with van der Waals surface area (Å²) in [6.07, 6.45) is 2.91. The van der Waals surface area contributed by atoms with Crippen molar-refractivity contribution in [1.29, 1.82) is 0 Å². The van der Waals surface area contributed by atoms with Gasteiger partial charge < -0.3 is 15.0 Å². The van der Waals surface area contributed by atoms with Gasteiger partial charge >= 0.3 is 0 Å². The Morgan fingerprint density at radius 2 is 2.00 bits per heavy atom. The van der Waals surface area contributed by atoms with E-state index in [2.05, 4.69) is 15.5 Å². The Kier molecular flexibility index (Phi) is 5.95. The Balaban J connectivity index is 1.58. The number of carbonyl (C=O) groups excluding carboxylic acids is 1. The van der Waals surface area contributed by atoms with Crippen LogP contribution in [0.15, 0.2) is 48.7 Å². The molecule has 1 atom stereocenters. The molecule has 0 radical (unpaired) electrons. The maximum absolute atomic E-state index is 12.9. The van der Waals surface area contributed by atoms with Crippen LogP contribution in [0.2, 0.25) is 0 Å². The molecule has 132 valence electrons. The zero-order valence-electron chi connectivity index (χ0n) is 14.5. The predicted octanol–water partition coefficient (Wildman–Crippen LogP) is 2.66. The zero-order chi connectivity index (χ0) is 17.5. The predicted molar refractivity (Wildman–Crippen MR) is 96.1 cm³/mol. The molecule has 1 aromatic carbocycles. The number of ether oxygens (including phenoxy) is 1. The van der Waals surface area contributed by atoms with E-state index < -0.39 is 6.10 Å². The van der Waals surface area contributed by atoms with Gasteiger partial charge in [0.1, 0.15) is 5.82 Å². The number of hydrogen-bond acceptors (Lipinski definition) is 5. The molecule has 2 heterocycles. The quantitative estimate of drug-likeness (QED) is 0.876. The van der Waals surface area contributed by atoms with Gasteiger partial charge in [0, 0.05) is 31.9 Å². The van der Waals surface area contributed by atoms with Crippen LogP contribution in [-0.2, 0) is 9.53 Å². The average molecular weight is 340 g/mol. The number of rotatable bonds is 6. The van der Waals surface area contributed by atoms with Crippen LogP contribution in [0.3, 0.4) is 0 Å². The van der Waals surface area contributed by atoms with Gasteiger partial charge in [0.2, 0.25) is 0 Å². The Labute approximate surface area is 148 Å². The second-order valence-electron chi connectivity index (χ2n) is 6.10. The SMILES string of the molecule is CCO[C@@H](C(=O)N1CCC(Nc2cccnn2)CC1)c1ccccc1. The molecule has 1 aliphatic heterocycles. The molecule has 2 aromatic rings.